The van der Waals surface area contributed by atoms with Gasteiger partial charge in [0.1, 0.15) is 5.82 Å². The molecular weight excluding hydrogens is 372 g/mol. The van der Waals surface area contributed by atoms with Gasteiger partial charge in [-0.3, -0.25) is 0 Å². The van der Waals surface area contributed by atoms with Crippen LogP contribution in [0.25, 0.3) is 0 Å². The normalized spacial score (nSPS) is 21.6. The minimum absolute atomic E-state index is 0.168. The molecule has 0 unspecified atom stereocenters. The SMILES string of the molecule is Cc1ccc(S(=O)(=O)N2CCCC[C@@H]2c2cccnc2N2CCNCC2)cc1. The summed E-state index contributed by atoms with van der Waals surface area (Å²) >= 11 is 0. The van der Waals surface area contributed by atoms with E-state index in [0.717, 1.165) is 62.4 Å². The summed E-state index contributed by atoms with van der Waals surface area (Å²) in [6.07, 6.45) is 4.56. The fraction of sp³-hybridized carbons (Fsp3) is 0.476. The molecule has 1 N–H and O–H groups in total. The van der Waals surface area contributed by atoms with Crippen LogP contribution < -0.4 is 10.2 Å². The second-order valence-corrected chi connectivity index (χ2v) is 9.48. The lowest BCUT2D eigenvalue weighted by atomic mass is 9.97. The van der Waals surface area contributed by atoms with Crippen molar-refractivity contribution >= 4 is 15.8 Å². The summed E-state index contributed by atoms with van der Waals surface area (Å²) in [5.74, 6) is 0.931. The van der Waals surface area contributed by atoms with Crippen molar-refractivity contribution in [3.8, 4) is 0 Å². The standard InChI is InChI=1S/C21H28N4O2S/c1-17-7-9-18(10-8-17)28(26,27)25-14-3-2-6-20(25)19-5-4-11-23-21(19)24-15-12-22-13-16-24/h4-5,7-11,20,22H,2-3,6,12-16H2,1H3/t20-/m1/s1. The minimum Gasteiger partial charge on any atom is -0.354 e. The number of benzene rings is 1. The van der Waals surface area contributed by atoms with Gasteiger partial charge in [-0.05, 0) is 38.0 Å². The number of pyridine rings is 1. The van der Waals surface area contributed by atoms with Crippen molar-refractivity contribution in [3.05, 3.63) is 53.7 Å². The zero-order valence-electron chi connectivity index (χ0n) is 16.3. The van der Waals surface area contributed by atoms with Gasteiger partial charge in [0.05, 0.1) is 10.9 Å². The van der Waals surface area contributed by atoms with Crippen LogP contribution in [0, 0.1) is 6.92 Å². The van der Waals surface area contributed by atoms with Gasteiger partial charge in [-0.1, -0.05) is 30.2 Å². The maximum Gasteiger partial charge on any atom is 0.243 e. The smallest absolute Gasteiger partial charge is 0.243 e. The molecule has 0 spiro atoms. The number of hydrogen-bond acceptors (Lipinski definition) is 5. The van der Waals surface area contributed by atoms with E-state index in [0.29, 0.717) is 11.4 Å². The molecule has 3 heterocycles. The number of aryl methyl sites for hydroxylation is 1. The lowest BCUT2D eigenvalue weighted by Crippen LogP contribution is -2.45. The van der Waals surface area contributed by atoms with Crippen LogP contribution in [0.2, 0.25) is 0 Å². The second kappa shape index (κ2) is 8.19. The van der Waals surface area contributed by atoms with Crippen LogP contribution in [0.15, 0.2) is 47.5 Å². The van der Waals surface area contributed by atoms with Crippen LogP contribution in [0.5, 0.6) is 0 Å². The van der Waals surface area contributed by atoms with E-state index in [9.17, 15) is 8.42 Å². The second-order valence-electron chi connectivity index (χ2n) is 7.59. The van der Waals surface area contributed by atoms with Gasteiger partial charge < -0.3 is 10.2 Å². The summed E-state index contributed by atoms with van der Waals surface area (Å²) < 4.78 is 28.6. The third-order valence-electron chi connectivity index (χ3n) is 5.67. The van der Waals surface area contributed by atoms with Crippen molar-refractivity contribution in [2.45, 2.75) is 37.1 Å². The molecule has 7 heteroatoms. The van der Waals surface area contributed by atoms with Gasteiger partial charge in [0.2, 0.25) is 10.0 Å². The summed E-state index contributed by atoms with van der Waals surface area (Å²) in [5, 5.41) is 3.37. The molecule has 1 aromatic heterocycles. The molecule has 4 rings (SSSR count). The molecular formula is C21H28N4O2S. The van der Waals surface area contributed by atoms with Crippen molar-refractivity contribution in [2.24, 2.45) is 0 Å². The number of piperazine rings is 1. The van der Waals surface area contributed by atoms with Gasteiger partial charge in [0.25, 0.3) is 0 Å². The van der Waals surface area contributed by atoms with E-state index in [4.69, 9.17) is 0 Å². The quantitative estimate of drug-likeness (QED) is 0.855. The first-order valence-corrected chi connectivity index (χ1v) is 11.5. The van der Waals surface area contributed by atoms with Crippen LogP contribution in [0.3, 0.4) is 0 Å². The zero-order chi connectivity index (χ0) is 19.6. The molecule has 2 fully saturated rings. The monoisotopic (exact) mass is 400 g/mol. The van der Waals surface area contributed by atoms with Gasteiger partial charge in [-0.25, -0.2) is 13.4 Å². The van der Waals surface area contributed by atoms with Crippen LogP contribution in [0.4, 0.5) is 5.82 Å². The number of hydrogen-bond donors (Lipinski definition) is 1. The Morgan fingerprint density at radius 3 is 2.54 bits per heavy atom. The number of rotatable bonds is 4. The highest BCUT2D eigenvalue weighted by Crippen LogP contribution is 2.38. The zero-order valence-corrected chi connectivity index (χ0v) is 17.2. The van der Waals surface area contributed by atoms with Crippen molar-refractivity contribution in [3.63, 3.8) is 0 Å². The third kappa shape index (κ3) is 3.79. The maximum absolute atomic E-state index is 13.5. The molecule has 2 aliphatic heterocycles. The van der Waals surface area contributed by atoms with Crippen molar-refractivity contribution in [1.82, 2.24) is 14.6 Å². The largest absolute Gasteiger partial charge is 0.354 e. The first-order chi connectivity index (χ1) is 13.6. The molecule has 2 aromatic rings. The van der Waals surface area contributed by atoms with Gasteiger partial charge in [0, 0.05) is 44.5 Å². The Bertz CT molecular complexity index is 908. The predicted octanol–water partition coefficient (Wildman–Crippen LogP) is 2.72. The molecule has 0 amide bonds. The number of sulfonamides is 1. The van der Waals surface area contributed by atoms with Gasteiger partial charge in [-0.2, -0.15) is 4.31 Å². The molecule has 6 nitrogen and oxygen atoms in total. The molecule has 0 saturated carbocycles. The highest BCUT2D eigenvalue weighted by Gasteiger charge is 2.36. The highest BCUT2D eigenvalue weighted by molar-refractivity contribution is 7.89. The fourth-order valence-electron chi connectivity index (χ4n) is 4.16. The number of nitrogens with one attached hydrogen (secondary N) is 1. The molecule has 2 aliphatic rings. The molecule has 1 aromatic carbocycles. The average Bonchev–Trinajstić information content (AvgIpc) is 2.75. The highest BCUT2D eigenvalue weighted by atomic mass is 32.2. The first-order valence-electron chi connectivity index (χ1n) is 10.1. The van der Waals surface area contributed by atoms with E-state index >= 15 is 0 Å². The summed E-state index contributed by atoms with van der Waals surface area (Å²) in [6, 6.07) is 11.0. The fourth-order valence-corrected chi connectivity index (χ4v) is 5.83. The Labute approximate surface area is 167 Å². The maximum atomic E-state index is 13.5. The van der Waals surface area contributed by atoms with Crippen molar-refractivity contribution in [1.29, 1.82) is 0 Å². The third-order valence-corrected chi connectivity index (χ3v) is 7.60. The number of nitrogens with zero attached hydrogens (tertiary/aromatic N) is 3. The molecule has 0 aliphatic carbocycles. The Balaban J connectivity index is 1.71. The summed E-state index contributed by atoms with van der Waals surface area (Å²) in [5.41, 5.74) is 2.09. The summed E-state index contributed by atoms with van der Waals surface area (Å²) in [4.78, 5) is 7.30. The van der Waals surface area contributed by atoms with Crippen molar-refractivity contribution in [2.75, 3.05) is 37.6 Å². The van der Waals surface area contributed by atoms with Crippen LogP contribution in [0.1, 0.15) is 36.4 Å². The topological polar surface area (TPSA) is 65.5 Å². The number of piperidine rings is 1. The van der Waals surface area contributed by atoms with E-state index < -0.39 is 10.0 Å². The summed E-state index contributed by atoms with van der Waals surface area (Å²) in [6.45, 7) is 6.15. The van der Waals surface area contributed by atoms with Crippen LogP contribution in [-0.2, 0) is 10.0 Å². The minimum atomic E-state index is -3.55. The Morgan fingerprint density at radius 2 is 1.79 bits per heavy atom. The van der Waals surface area contributed by atoms with Crippen LogP contribution in [-0.4, -0.2) is 50.4 Å². The summed E-state index contributed by atoms with van der Waals surface area (Å²) in [7, 11) is -3.55. The lowest BCUT2D eigenvalue weighted by molar-refractivity contribution is 0.255. The van der Waals surface area contributed by atoms with E-state index in [2.05, 4.69) is 21.3 Å². The van der Waals surface area contributed by atoms with E-state index in [1.807, 2.05) is 31.3 Å². The average molecular weight is 401 g/mol. The van der Waals surface area contributed by atoms with Crippen molar-refractivity contribution < 1.29 is 8.42 Å². The van der Waals surface area contributed by atoms with Gasteiger partial charge >= 0.3 is 0 Å². The first kappa shape index (κ1) is 19.4. The van der Waals surface area contributed by atoms with Crippen LogP contribution >= 0.6 is 0 Å². The molecule has 28 heavy (non-hydrogen) atoms. The Hall–Kier alpha value is -1.96. The Kier molecular flexibility index (Phi) is 5.66. The molecule has 1 atom stereocenters. The molecule has 0 bridgehead atoms. The predicted molar refractivity (Wildman–Crippen MR) is 111 cm³/mol. The van der Waals surface area contributed by atoms with E-state index in [1.54, 1.807) is 16.4 Å². The lowest BCUT2D eigenvalue weighted by Gasteiger charge is -2.38. The number of aromatic nitrogens is 1. The molecule has 0 radical (unpaired) electrons. The molecule has 2 saturated heterocycles. The van der Waals surface area contributed by atoms with E-state index in [1.165, 1.54) is 0 Å². The number of anilines is 1. The molecule has 150 valence electrons. The van der Waals surface area contributed by atoms with Gasteiger partial charge in [0.15, 0.2) is 0 Å². The Morgan fingerprint density at radius 1 is 1.04 bits per heavy atom. The van der Waals surface area contributed by atoms with Gasteiger partial charge in [-0.15, -0.1) is 0 Å². The van der Waals surface area contributed by atoms with E-state index in [-0.39, 0.29) is 6.04 Å².